The molecule has 0 saturated carbocycles. The van der Waals surface area contributed by atoms with Crippen LogP contribution in [0.4, 0.5) is 0 Å². The van der Waals surface area contributed by atoms with Crippen molar-refractivity contribution >= 4 is 5.96 Å². The molecule has 1 heterocycles. The van der Waals surface area contributed by atoms with Gasteiger partial charge in [0.05, 0.1) is 0 Å². The van der Waals surface area contributed by atoms with Gasteiger partial charge in [-0.25, -0.2) is 0 Å². The van der Waals surface area contributed by atoms with Crippen LogP contribution in [0.25, 0.3) is 0 Å². The van der Waals surface area contributed by atoms with Gasteiger partial charge in [-0.2, -0.15) is 0 Å². The maximum atomic E-state index is 4.63. The zero-order valence-electron chi connectivity index (χ0n) is 13.7. The van der Waals surface area contributed by atoms with Crippen LogP contribution in [0.15, 0.2) is 4.99 Å². The Labute approximate surface area is 125 Å². The summed E-state index contributed by atoms with van der Waals surface area (Å²) >= 11 is 0. The Bertz CT molecular complexity index is 257. The van der Waals surface area contributed by atoms with Crippen LogP contribution in [0.5, 0.6) is 0 Å². The molecule has 0 spiro atoms. The standard InChI is InChI=1S/C16H34N4/c1-4-6-7-11-18-16(17-5-2)19-12-8-15-9-13-20(3)14-10-15/h15H,4-14H2,1-3H3,(H2,17,18,19). The lowest BCUT2D eigenvalue weighted by Gasteiger charge is -2.29. The molecule has 0 atom stereocenters. The van der Waals surface area contributed by atoms with Crippen LogP contribution in [0.2, 0.25) is 0 Å². The molecular formula is C16H34N4. The maximum Gasteiger partial charge on any atom is 0.191 e. The third-order valence-electron chi connectivity index (χ3n) is 4.06. The second kappa shape index (κ2) is 11.0. The van der Waals surface area contributed by atoms with Crippen LogP contribution in [0.3, 0.4) is 0 Å². The molecule has 0 aromatic carbocycles. The summed E-state index contributed by atoms with van der Waals surface area (Å²) in [5.41, 5.74) is 0. The number of unbranched alkanes of at least 4 members (excludes halogenated alkanes) is 2. The van der Waals surface area contributed by atoms with Crippen LogP contribution in [0, 0.1) is 5.92 Å². The van der Waals surface area contributed by atoms with Gasteiger partial charge in [0.2, 0.25) is 0 Å². The minimum absolute atomic E-state index is 0.890. The summed E-state index contributed by atoms with van der Waals surface area (Å²) in [4.78, 5) is 7.07. The van der Waals surface area contributed by atoms with Gasteiger partial charge in [-0.15, -0.1) is 0 Å². The van der Waals surface area contributed by atoms with Gasteiger partial charge in [-0.05, 0) is 58.7 Å². The van der Waals surface area contributed by atoms with Crippen molar-refractivity contribution < 1.29 is 0 Å². The number of rotatable bonds is 8. The highest BCUT2D eigenvalue weighted by Crippen LogP contribution is 2.18. The van der Waals surface area contributed by atoms with E-state index in [1.165, 1.54) is 51.6 Å². The summed E-state index contributed by atoms with van der Waals surface area (Å²) in [6.07, 6.45) is 7.70. The molecule has 20 heavy (non-hydrogen) atoms. The smallest absolute Gasteiger partial charge is 0.191 e. The number of likely N-dealkylation sites (tertiary alicyclic amines) is 1. The summed E-state index contributed by atoms with van der Waals surface area (Å²) in [7, 11) is 2.22. The Morgan fingerprint density at radius 2 is 1.90 bits per heavy atom. The topological polar surface area (TPSA) is 39.7 Å². The van der Waals surface area contributed by atoms with Gasteiger partial charge < -0.3 is 15.5 Å². The second-order valence-corrected chi connectivity index (χ2v) is 5.93. The Morgan fingerprint density at radius 3 is 2.55 bits per heavy atom. The van der Waals surface area contributed by atoms with E-state index in [-0.39, 0.29) is 0 Å². The number of piperidine rings is 1. The molecule has 1 aliphatic rings. The fourth-order valence-electron chi connectivity index (χ4n) is 2.64. The van der Waals surface area contributed by atoms with Crippen molar-refractivity contribution in [2.24, 2.45) is 10.9 Å². The molecule has 4 nitrogen and oxygen atoms in total. The minimum Gasteiger partial charge on any atom is -0.357 e. The van der Waals surface area contributed by atoms with E-state index < -0.39 is 0 Å². The molecular weight excluding hydrogens is 248 g/mol. The molecule has 0 aromatic rings. The number of hydrogen-bond donors (Lipinski definition) is 2. The Morgan fingerprint density at radius 1 is 1.15 bits per heavy atom. The summed E-state index contributed by atoms with van der Waals surface area (Å²) in [6, 6.07) is 0. The molecule has 0 bridgehead atoms. The molecule has 1 saturated heterocycles. The van der Waals surface area contributed by atoms with Crippen molar-refractivity contribution in [3.8, 4) is 0 Å². The first-order valence-electron chi connectivity index (χ1n) is 8.47. The first-order chi connectivity index (χ1) is 9.76. The Balaban J connectivity index is 2.17. The van der Waals surface area contributed by atoms with Gasteiger partial charge in [0.1, 0.15) is 0 Å². The number of hydrogen-bond acceptors (Lipinski definition) is 2. The van der Waals surface area contributed by atoms with Gasteiger partial charge in [-0.3, -0.25) is 4.99 Å². The number of guanidine groups is 1. The van der Waals surface area contributed by atoms with Crippen LogP contribution in [0.1, 0.15) is 52.4 Å². The maximum absolute atomic E-state index is 4.63. The zero-order valence-corrected chi connectivity index (χ0v) is 13.7. The normalized spacial score (nSPS) is 18.2. The van der Waals surface area contributed by atoms with Crippen molar-refractivity contribution in [2.45, 2.75) is 52.4 Å². The Kier molecular flexibility index (Phi) is 9.46. The van der Waals surface area contributed by atoms with Crippen LogP contribution in [-0.4, -0.2) is 50.6 Å². The molecule has 1 fully saturated rings. The average Bonchev–Trinajstić information content (AvgIpc) is 2.45. The average molecular weight is 282 g/mol. The molecule has 0 amide bonds. The first-order valence-corrected chi connectivity index (χ1v) is 8.47. The highest BCUT2D eigenvalue weighted by atomic mass is 15.2. The molecule has 2 N–H and O–H groups in total. The van der Waals surface area contributed by atoms with E-state index in [1.54, 1.807) is 0 Å². The summed E-state index contributed by atoms with van der Waals surface area (Å²) in [5, 5.41) is 6.82. The fraction of sp³-hybridized carbons (Fsp3) is 0.938. The number of aliphatic imine (C=N–C) groups is 1. The molecule has 0 aromatic heterocycles. The highest BCUT2D eigenvalue weighted by molar-refractivity contribution is 5.79. The van der Waals surface area contributed by atoms with Crippen molar-refractivity contribution in [2.75, 3.05) is 39.8 Å². The van der Waals surface area contributed by atoms with Crippen molar-refractivity contribution in [1.29, 1.82) is 0 Å². The van der Waals surface area contributed by atoms with Crippen molar-refractivity contribution in [3.05, 3.63) is 0 Å². The SMILES string of the molecule is CCCCCN=C(NCC)NCCC1CCN(C)CC1. The van der Waals surface area contributed by atoms with Gasteiger partial charge >= 0.3 is 0 Å². The van der Waals surface area contributed by atoms with Crippen molar-refractivity contribution in [1.82, 2.24) is 15.5 Å². The van der Waals surface area contributed by atoms with Gasteiger partial charge in [0.25, 0.3) is 0 Å². The predicted octanol–water partition coefficient (Wildman–Crippen LogP) is 2.46. The summed E-state index contributed by atoms with van der Waals surface area (Å²) in [5.74, 6) is 1.89. The largest absolute Gasteiger partial charge is 0.357 e. The van der Waals surface area contributed by atoms with E-state index >= 15 is 0 Å². The van der Waals surface area contributed by atoms with E-state index in [1.807, 2.05) is 0 Å². The van der Waals surface area contributed by atoms with Crippen molar-refractivity contribution in [3.63, 3.8) is 0 Å². The lowest BCUT2D eigenvalue weighted by molar-refractivity contribution is 0.213. The predicted molar refractivity (Wildman–Crippen MR) is 88.3 cm³/mol. The molecule has 1 rings (SSSR count). The lowest BCUT2D eigenvalue weighted by atomic mass is 9.94. The van der Waals surface area contributed by atoms with Gasteiger partial charge in [0.15, 0.2) is 5.96 Å². The fourth-order valence-corrected chi connectivity index (χ4v) is 2.64. The third-order valence-corrected chi connectivity index (χ3v) is 4.06. The highest BCUT2D eigenvalue weighted by Gasteiger charge is 2.16. The van der Waals surface area contributed by atoms with E-state index in [0.29, 0.717) is 0 Å². The number of nitrogens with one attached hydrogen (secondary N) is 2. The summed E-state index contributed by atoms with van der Waals surface area (Å²) < 4.78 is 0. The molecule has 0 unspecified atom stereocenters. The van der Waals surface area contributed by atoms with Gasteiger partial charge in [0, 0.05) is 19.6 Å². The van der Waals surface area contributed by atoms with E-state index in [2.05, 4.69) is 41.4 Å². The monoisotopic (exact) mass is 282 g/mol. The molecule has 0 radical (unpaired) electrons. The first kappa shape index (κ1) is 17.3. The number of nitrogens with zero attached hydrogens (tertiary/aromatic N) is 2. The second-order valence-electron chi connectivity index (χ2n) is 5.93. The van der Waals surface area contributed by atoms with E-state index in [4.69, 9.17) is 0 Å². The molecule has 0 aliphatic carbocycles. The van der Waals surface area contributed by atoms with Crippen LogP contribution < -0.4 is 10.6 Å². The molecule has 1 aliphatic heterocycles. The molecule has 4 heteroatoms. The summed E-state index contributed by atoms with van der Waals surface area (Å²) in [6.45, 7) is 9.81. The third kappa shape index (κ3) is 7.73. The Hall–Kier alpha value is -0.770. The van der Waals surface area contributed by atoms with E-state index in [9.17, 15) is 0 Å². The molecule has 118 valence electrons. The lowest BCUT2D eigenvalue weighted by Crippen LogP contribution is -2.39. The zero-order chi connectivity index (χ0) is 14.6. The van der Waals surface area contributed by atoms with Crippen LogP contribution >= 0.6 is 0 Å². The van der Waals surface area contributed by atoms with Gasteiger partial charge in [-0.1, -0.05) is 19.8 Å². The quantitative estimate of drug-likeness (QED) is 0.408. The van der Waals surface area contributed by atoms with Crippen LogP contribution in [-0.2, 0) is 0 Å². The van der Waals surface area contributed by atoms with E-state index in [0.717, 1.165) is 31.5 Å². The minimum atomic E-state index is 0.890.